The molecule has 13 heavy (non-hydrogen) atoms. The van der Waals surface area contributed by atoms with Crippen LogP contribution in [-0.2, 0) is 0 Å². The van der Waals surface area contributed by atoms with Crippen molar-refractivity contribution >= 4 is 57.4 Å². The second-order valence-electron chi connectivity index (χ2n) is 2.57. The molecule has 0 atom stereocenters. The van der Waals surface area contributed by atoms with Crippen LogP contribution < -0.4 is 0 Å². The van der Waals surface area contributed by atoms with Crippen LogP contribution in [0.3, 0.4) is 0 Å². The zero-order valence-corrected chi connectivity index (χ0v) is 11.2. The van der Waals surface area contributed by atoms with Crippen LogP contribution in [0.15, 0.2) is 17.0 Å². The first kappa shape index (κ1) is 9.72. The lowest BCUT2D eigenvalue weighted by molar-refractivity contribution is 1.21. The average molecular weight is 370 g/mol. The van der Waals surface area contributed by atoms with Gasteiger partial charge in [0, 0.05) is 36.5 Å². The minimum Gasteiger partial charge on any atom is -0.264 e. The van der Waals surface area contributed by atoms with E-state index in [2.05, 4.69) is 47.1 Å². The standard InChI is InChI=1S/C7H5BrIN3S/c1-4-3-12(13-9)7-6(4)11-5(8)2-10-7/h2-3H,1H3. The van der Waals surface area contributed by atoms with E-state index in [0.717, 1.165) is 21.3 Å². The highest BCUT2D eigenvalue weighted by atomic mass is 127. The van der Waals surface area contributed by atoms with Crippen molar-refractivity contribution in [1.29, 1.82) is 0 Å². The zero-order chi connectivity index (χ0) is 9.42. The summed E-state index contributed by atoms with van der Waals surface area (Å²) in [5, 5.41) is 0. The van der Waals surface area contributed by atoms with Gasteiger partial charge in [-0.2, -0.15) is 0 Å². The predicted molar refractivity (Wildman–Crippen MR) is 67.0 cm³/mol. The summed E-state index contributed by atoms with van der Waals surface area (Å²) < 4.78 is 2.78. The van der Waals surface area contributed by atoms with E-state index in [1.54, 1.807) is 15.3 Å². The Morgan fingerprint density at radius 1 is 1.62 bits per heavy atom. The number of nitrogens with zero attached hydrogens (tertiary/aromatic N) is 3. The third-order valence-corrected chi connectivity index (χ3v) is 3.77. The Hall–Kier alpha value is 0.180. The molecule has 0 N–H and O–H groups in total. The van der Waals surface area contributed by atoms with Crippen molar-refractivity contribution < 1.29 is 0 Å². The van der Waals surface area contributed by atoms with Crippen LogP contribution in [0.1, 0.15) is 5.56 Å². The van der Waals surface area contributed by atoms with Gasteiger partial charge in [0.25, 0.3) is 0 Å². The lowest BCUT2D eigenvalue weighted by atomic mass is 10.3. The van der Waals surface area contributed by atoms with Crippen LogP contribution in [-0.4, -0.2) is 13.9 Å². The maximum Gasteiger partial charge on any atom is 0.169 e. The van der Waals surface area contributed by atoms with E-state index >= 15 is 0 Å². The molecule has 0 spiro atoms. The minimum absolute atomic E-state index is 0.777. The highest BCUT2D eigenvalue weighted by Gasteiger charge is 2.07. The van der Waals surface area contributed by atoms with Crippen LogP contribution in [0.2, 0.25) is 0 Å². The average Bonchev–Trinajstić information content (AvgIpc) is 2.43. The number of aromatic nitrogens is 3. The molecule has 0 saturated heterocycles. The first-order valence-electron chi connectivity index (χ1n) is 3.51. The molecule has 0 aliphatic heterocycles. The zero-order valence-electron chi connectivity index (χ0n) is 6.66. The van der Waals surface area contributed by atoms with E-state index in [-0.39, 0.29) is 0 Å². The van der Waals surface area contributed by atoms with E-state index in [1.807, 2.05) is 17.1 Å². The van der Waals surface area contributed by atoms with Gasteiger partial charge in [-0.1, -0.05) is 0 Å². The van der Waals surface area contributed by atoms with Gasteiger partial charge < -0.3 is 0 Å². The summed E-state index contributed by atoms with van der Waals surface area (Å²) in [5.41, 5.74) is 3.02. The molecule has 2 aromatic rings. The van der Waals surface area contributed by atoms with Gasteiger partial charge in [-0.25, -0.2) is 9.97 Å². The number of rotatable bonds is 1. The maximum atomic E-state index is 4.36. The Morgan fingerprint density at radius 3 is 3.08 bits per heavy atom. The first-order valence-corrected chi connectivity index (χ1v) is 7.62. The van der Waals surface area contributed by atoms with Crippen LogP contribution in [0, 0.1) is 6.92 Å². The summed E-state index contributed by atoms with van der Waals surface area (Å²) in [7, 11) is 1.59. The van der Waals surface area contributed by atoms with Gasteiger partial charge in [-0.3, -0.25) is 3.97 Å². The maximum absolute atomic E-state index is 4.36. The lowest BCUT2D eigenvalue weighted by Crippen LogP contribution is -1.85. The third-order valence-electron chi connectivity index (χ3n) is 1.69. The largest absolute Gasteiger partial charge is 0.264 e. The van der Waals surface area contributed by atoms with Crippen molar-refractivity contribution in [2.24, 2.45) is 0 Å². The van der Waals surface area contributed by atoms with Crippen molar-refractivity contribution in [2.75, 3.05) is 0 Å². The quantitative estimate of drug-likeness (QED) is 0.722. The molecular formula is C7H5BrIN3S. The highest BCUT2D eigenvalue weighted by Crippen LogP contribution is 2.25. The monoisotopic (exact) mass is 369 g/mol. The summed E-state index contributed by atoms with van der Waals surface area (Å²) in [4.78, 5) is 8.66. The fourth-order valence-electron chi connectivity index (χ4n) is 1.14. The molecule has 2 heterocycles. The molecule has 6 heteroatoms. The minimum atomic E-state index is 0.777. The Kier molecular flexibility index (Phi) is 2.80. The van der Waals surface area contributed by atoms with E-state index < -0.39 is 0 Å². The van der Waals surface area contributed by atoms with Crippen molar-refractivity contribution in [3.8, 4) is 0 Å². The number of aryl methyl sites for hydroxylation is 1. The van der Waals surface area contributed by atoms with Gasteiger partial charge in [-0.15, -0.1) is 0 Å². The smallest absolute Gasteiger partial charge is 0.169 e. The van der Waals surface area contributed by atoms with E-state index in [1.165, 1.54) is 0 Å². The Labute approximate surface area is 100 Å². The van der Waals surface area contributed by atoms with Crippen molar-refractivity contribution in [3.63, 3.8) is 0 Å². The highest BCUT2D eigenvalue weighted by molar-refractivity contribution is 14.2. The number of halogens is 2. The van der Waals surface area contributed by atoms with Crippen LogP contribution >= 0.6 is 46.3 Å². The molecule has 0 aliphatic rings. The molecule has 3 nitrogen and oxygen atoms in total. The van der Waals surface area contributed by atoms with Crippen molar-refractivity contribution in [2.45, 2.75) is 6.92 Å². The second-order valence-corrected chi connectivity index (χ2v) is 5.10. The molecule has 0 amide bonds. The topological polar surface area (TPSA) is 30.7 Å². The fourth-order valence-corrected chi connectivity index (χ4v) is 2.72. The van der Waals surface area contributed by atoms with Crippen molar-refractivity contribution in [1.82, 2.24) is 13.9 Å². The summed E-state index contributed by atoms with van der Waals surface area (Å²) in [6.07, 6.45) is 3.75. The van der Waals surface area contributed by atoms with Gasteiger partial charge >= 0.3 is 0 Å². The molecular weight excluding hydrogens is 365 g/mol. The van der Waals surface area contributed by atoms with E-state index in [4.69, 9.17) is 0 Å². The summed E-state index contributed by atoms with van der Waals surface area (Å²) >= 11 is 5.53. The molecule has 0 saturated carbocycles. The molecule has 0 aliphatic carbocycles. The van der Waals surface area contributed by atoms with Gasteiger partial charge in [0.05, 0.1) is 6.20 Å². The number of hydrogen-bond donors (Lipinski definition) is 0. The number of hydrogen-bond acceptors (Lipinski definition) is 3. The van der Waals surface area contributed by atoms with Crippen LogP contribution in [0.25, 0.3) is 11.2 Å². The molecule has 2 aromatic heterocycles. The van der Waals surface area contributed by atoms with Gasteiger partial charge in [0.15, 0.2) is 5.65 Å². The van der Waals surface area contributed by atoms with Crippen molar-refractivity contribution in [3.05, 3.63) is 22.6 Å². The summed E-state index contributed by atoms with van der Waals surface area (Å²) in [6, 6.07) is 0. The molecule has 0 aromatic carbocycles. The second kappa shape index (κ2) is 3.74. The molecule has 68 valence electrons. The summed E-state index contributed by atoms with van der Waals surface area (Å²) in [5.74, 6) is 0. The molecule has 0 bridgehead atoms. The normalized spacial score (nSPS) is 11.0. The van der Waals surface area contributed by atoms with Gasteiger partial charge in [0.1, 0.15) is 10.1 Å². The fraction of sp³-hybridized carbons (Fsp3) is 0.143. The van der Waals surface area contributed by atoms with E-state index in [9.17, 15) is 0 Å². The summed E-state index contributed by atoms with van der Waals surface area (Å²) in [6.45, 7) is 2.03. The molecule has 0 fully saturated rings. The molecule has 0 unspecified atom stereocenters. The van der Waals surface area contributed by atoms with Gasteiger partial charge in [-0.05, 0) is 28.4 Å². The predicted octanol–water partition coefficient (Wildman–Crippen LogP) is 3.35. The SMILES string of the molecule is Cc1cn(SI)c2ncc(Br)nc12. The van der Waals surface area contributed by atoms with Crippen LogP contribution in [0.5, 0.6) is 0 Å². The molecule has 2 rings (SSSR count). The van der Waals surface area contributed by atoms with E-state index in [0.29, 0.717) is 0 Å². The Bertz CT molecular complexity index is 456. The van der Waals surface area contributed by atoms with Gasteiger partial charge in [0.2, 0.25) is 0 Å². The Balaban J connectivity index is 2.80. The lowest BCUT2D eigenvalue weighted by Gasteiger charge is -1.95. The number of fused-ring (bicyclic) bond motifs is 1. The Morgan fingerprint density at radius 2 is 2.38 bits per heavy atom. The molecule has 0 radical (unpaired) electrons. The third kappa shape index (κ3) is 1.71. The first-order chi connectivity index (χ1) is 6.22. The van der Waals surface area contributed by atoms with Crippen LogP contribution in [0.4, 0.5) is 0 Å².